The Balaban J connectivity index is 1.68. The third-order valence-corrected chi connectivity index (χ3v) is 5.89. The molecule has 21 heavy (non-hydrogen) atoms. The van der Waals surface area contributed by atoms with Crippen molar-refractivity contribution in [2.75, 3.05) is 6.54 Å². The van der Waals surface area contributed by atoms with E-state index >= 15 is 0 Å². The van der Waals surface area contributed by atoms with E-state index in [1.165, 1.54) is 37.7 Å². The second kappa shape index (κ2) is 6.78. The molecule has 0 spiro atoms. The van der Waals surface area contributed by atoms with E-state index in [0.29, 0.717) is 10.5 Å². The molecule has 2 saturated carbocycles. The van der Waals surface area contributed by atoms with Gasteiger partial charge < -0.3 is 5.32 Å². The molecule has 1 aromatic carbocycles. The van der Waals surface area contributed by atoms with Crippen LogP contribution in [0.1, 0.15) is 44.6 Å². The summed E-state index contributed by atoms with van der Waals surface area (Å²) >= 11 is 3.31. The lowest BCUT2D eigenvalue weighted by Crippen LogP contribution is -2.34. The van der Waals surface area contributed by atoms with Crippen LogP contribution in [0.15, 0.2) is 22.7 Å². The van der Waals surface area contributed by atoms with Gasteiger partial charge in [0.2, 0.25) is 0 Å². The summed E-state index contributed by atoms with van der Waals surface area (Å²) in [6, 6.07) is 6.03. The molecule has 0 aromatic heterocycles. The highest BCUT2D eigenvalue weighted by molar-refractivity contribution is 9.10. The van der Waals surface area contributed by atoms with Crippen molar-refractivity contribution in [3.63, 3.8) is 0 Å². The Morgan fingerprint density at radius 3 is 2.62 bits per heavy atom. The Bertz CT molecular complexity index is 478. The Morgan fingerprint density at radius 2 is 2.00 bits per heavy atom. The molecule has 3 unspecified atom stereocenters. The summed E-state index contributed by atoms with van der Waals surface area (Å²) in [4.78, 5) is 0. The predicted octanol–water partition coefficient (Wildman–Crippen LogP) is 4.94. The minimum Gasteiger partial charge on any atom is -0.313 e. The van der Waals surface area contributed by atoms with Crippen molar-refractivity contribution in [2.24, 2.45) is 17.8 Å². The summed E-state index contributed by atoms with van der Waals surface area (Å²) in [5, 5.41) is 3.76. The van der Waals surface area contributed by atoms with E-state index in [-0.39, 0.29) is 5.82 Å². The number of fused-ring (bicyclic) bond motifs is 1. The molecule has 1 N–H and O–H groups in total. The predicted molar refractivity (Wildman–Crippen MR) is 88.8 cm³/mol. The fourth-order valence-electron chi connectivity index (χ4n) is 4.24. The lowest BCUT2D eigenvalue weighted by Gasteiger charge is -2.19. The highest BCUT2D eigenvalue weighted by Gasteiger charge is 2.53. The van der Waals surface area contributed by atoms with Crippen LogP contribution in [-0.4, -0.2) is 12.6 Å². The van der Waals surface area contributed by atoms with Crippen LogP contribution >= 0.6 is 15.9 Å². The van der Waals surface area contributed by atoms with Gasteiger partial charge in [0, 0.05) is 6.04 Å². The summed E-state index contributed by atoms with van der Waals surface area (Å²) in [5.74, 6) is 2.59. The molecular formula is C18H25BrFN. The van der Waals surface area contributed by atoms with E-state index in [0.717, 1.165) is 30.7 Å². The molecule has 0 heterocycles. The van der Waals surface area contributed by atoms with Gasteiger partial charge in [0.05, 0.1) is 4.47 Å². The third kappa shape index (κ3) is 3.50. The van der Waals surface area contributed by atoms with Crippen LogP contribution < -0.4 is 5.32 Å². The third-order valence-electron chi connectivity index (χ3n) is 5.28. The maximum absolute atomic E-state index is 13.4. The molecule has 0 aliphatic heterocycles. The van der Waals surface area contributed by atoms with E-state index < -0.39 is 0 Å². The first-order valence-corrected chi connectivity index (χ1v) is 9.17. The van der Waals surface area contributed by atoms with Gasteiger partial charge in [-0.1, -0.05) is 25.8 Å². The second-order valence-electron chi connectivity index (χ2n) is 6.70. The van der Waals surface area contributed by atoms with Crippen molar-refractivity contribution >= 4 is 15.9 Å². The highest BCUT2D eigenvalue weighted by Crippen LogP contribution is 2.57. The van der Waals surface area contributed by atoms with E-state index in [2.05, 4.69) is 28.2 Å². The lowest BCUT2D eigenvalue weighted by molar-refractivity contribution is 0.427. The molecule has 2 aliphatic rings. The van der Waals surface area contributed by atoms with Crippen LogP contribution in [0.5, 0.6) is 0 Å². The first-order chi connectivity index (χ1) is 10.2. The average Bonchev–Trinajstić information content (AvgIpc) is 3.21. The van der Waals surface area contributed by atoms with Crippen LogP contribution in [0.4, 0.5) is 4.39 Å². The van der Waals surface area contributed by atoms with Crippen molar-refractivity contribution in [3.05, 3.63) is 34.1 Å². The summed E-state index contributed by atoms with van der Waals surface area (Å²) in [7, 11) is 0. The van der Waals surface area contributed by atoms with E-state index in [1.54, 1.807) is 6.07 Å². The van der Waals surface area contributed by atoms with E-state index in [9.17, 15) is 4.39 Å². The molecular weight excluding hydrogens is 329 g/mol. The Labute approximate surface area is 135 Å². The zero-order valence-corrected chi connectivity index (χ0v) is 14.3. The van der Waals surface area contributed by atoms with E-state index in [1.807, 2.05) is 12.1 Å². The van der Waals surface area contributed by atoms with Crippen molar-refractivity contribution in [2.45, 2.75) is 51.5 Å². The van der Waals surface area contributed by atoms with Gasteiger partial charge in [-0.15, -0.1) is 0 Å². The maximum Gasteiger partial charge on any atom is 0.137 e. The van der Waals surface area contributed by atoms with Gasteiger partial charge in [-0.3, -0.25) is 0 Å². The quantitative estimate of drug-likeness (QED) is 0.763. The number of hydrogen-bond acceptors (Lipinski definition) is 1. The number of benzene rings is 1. The zero-order valence-electron chi connectivity index (χ0n) is 12.7. The Hall–Kier alpha value is -0.410. The fraction of sp³-hybridized carbons (Fsp3) is 0.667. The van der Waals surface area contributed by atoms with Crippen molar-refractivity contribution in [1.82, 2.24) is 5.32 Å². The van der Waals surface area contributed by atoms with Gasteiger partial charge in [-0.25, -0.2) is 4.39 Å². The minimum atomic E-state index is -0.170. The largest absolute Gasteiger partial charge is 0.313 e. The van der Waals surface area contributed by atoms with Crippen LogP contribution in [0.2, 0.25) is 0 Å². The van der Waals surface area contributed by atoms with Crippen molar-refractivity contribution in [3.8, 4) is 0 Å². The standard InChI is InChI=1S/C18H25BrFN/c1-2-9-21-17(18-13-5-3-4-6-14(13)18)11-12-7-8-16(20)15(19)10-12/h7-8,10,13-14,17-18,21H,2-6,9,11H2,1H3. The molecule has 2 aliphatic carbocycles. The first kappa shape index (κ1) is 15.5. The van der Waals surface area contributed by atoms with Gasteiger partial charge in [0.1, 0.15) is 5.82 Å². The van der Waals surface area contributed by atoms with Gasteiger partial charge in [0.25, 0.3) is 0 Å². The van der Waals surface area contributed by atoms with E-state index in [4.69, 9.17) is 0 Å². The smallest absolute Gasteiger partial charge is 0.137 e. The molecule has 1 nitrogen and oxygen atoms in total. The number of nitrogens with one attached hydrogen (secondary N) is 1. The normalized spacial score (nSPS) is 29.0. The van der Waals surface area contributed by atoms with Crippen LogP contribution in [-0.2, 0) is 6.42 Å². The molecule has 0 bridgehead atoms. The molecule has 0 saturated heterocycles. The Kier molecular flexibility index (Phi) is 5.00. The first-order valence-electron chi connectivity index (χ1n) is 8.38. The Morgan fingerprint density at radius 1 is 1.29 bits per heavy atom. The molecule has 0 radical (unpaired) electrons. The van der Waals surface area contributed by atoms with Crippen LogP contribution in [0.3, 0.4) is 0 Å². The zero-order chi connectivity index (χ0) is 14.8. The molecule has 116 valence electrons. The fourth-order valence-corrected chi connectivity index (χ4v) is 4.67. The monoisotopic (exact) mass is 353 g/mol. The van der Waals surface area contributed by atoms with Crippen LogP contribution in [0, 0.1) is 23.6 Å². The van der Waals surface area contributed by atoms with Gasteiger partial charge in [-0.05, 0) is 83.6 Å². The number of hydrogen-bond donors (Lipinski definition) is 1. The number of halogens is 2. The molecule has 0 amide bonds. The summed E-state index contributed by atoms with van der Waals surface area (Å²) in [6.45, 7) is 3.31. The summed E-state index contributed by atoms with van der Waals surface area (Å²) < 4.78 is 14.0. The van der Waals surface area contributed by atoms with Crippen molar-refractivity contribution in [1.29, 1.82) is 0 Å². The molecule has 2 fully saturated rings. The average molecular weight is 354 g/mol. The van der Waals surface area contributed by atoms with Crippen molar-refractivity contribution < 1.29 is 4.39 Å². The van der Waals surface area contributed by atoms with Gasteiger partial charge >= 0.3 is 0 Å². The summed E-state index contributed by atoms with van der Waals surface area (Å²) in [5.41, 5.74) is 1.24. The minimum absolute atomic E-state index is 0.170. The van der Waals surface area contributed by atoms with Gasteiger partial charge in [-0.2, -0.15) is 0 Å². The van der Waals surface area contributed by atoms with Gasteiger partial charge in [0.15, 0.2) is 0 Å². The topological polar surface area (TPSA) is 12.0 Å². The molecule has 3 atom stereocenters. The maximum atomic E-state index is 13.4. The molecule has 3 heteroatoms. The SMILES string of the molecule is CCCNC(Cc1ccc(F)c(Br)c1)C1C2CCCCC21. The lowest BCUT2D eigenvalue weighted by atomic mass is 9.99. The van der Waals surface area contributed by atoms with Crippen LogP contribution in [0.25, 0.3) is 0 Å². The number of rotatable bonds is 6. The second-order valence-corrected chi connectivity index (χ2v) is 7.56. The molecule has 1 aromatic rings. The summed E-state index contributed by atoms with van der Waals surface area (Å²) in [6.07, 6.45) is 7.88. The highest BCUT2D eigenvalue weighted by atomic mass is 79.9. The molecule has 3 rings (SSSR count).